The highest BCUT2D eigenvalue weighted by Gasteiger charge is 2.33. The summed E-state index contributed by atoms with van der Waals surface area (Å²) in [4.78, 5) is 0. The molecule has 3 atom stereocenters. The average molecular weight is 208 g/mol. The molecular weight excluding hydrogens is 180 g/mol. The van der Waals surface area contributed by atoms with E-state index in [-0.39, 0.29) is 0 Å². The van der Waals surface area contributed by atoms with E-state index in [9.17, 15) is 0 Å². The van der Waals surface area contributed by atoms with Gasteiger partial charge < -0.3 is 0 Å². The largest absolute Gasteiger partial charge is 0.0654 e. The van der Waals surface area contributed by atoms with Gasteiger partial charge in [-0.1, -0.05) is 65.2 Å². The molecule has 0 nitrogen and oxygen atoms in total. The van der Waals surface area contributed by atoms with E-state index in [1.165, 1.54) is 38.5 Å². The molecule has 0 N–H and O–H groups in total. The molecule has 3 unspecified atom stereocenters. The van der Waals surface area contributed by atoms with Crippen molar-refractivity contribution >= 4 is 0 Å². The molecule has 0 aromatic heterocycles. The summed E-state index contributed by atoms with van der Waals surface area (Å²) >= 11 is 0. The summed E-state index contributed by atoms with van der Waals surface area (Å²) in [5.74, 6) is 4.31. The molecule has 2 rings (SSSR count). The van der Waals surface area contributed by atoms with Gasteiger partial charge in [-0.25, -0.2) is 0 Å². The Bertz CT molecular complexity index is 180. The number of rotatable bonds is 4. The molecule has 0 aliphatic heterocycles. The highest BCUT2D eigenvalue weighted by molar-refractivity contribution is 4.84. The van der Waals surface area contributed by atoms with Gasteiger partial charge in [0.1, 0.15) is 0 Å². The van der Waals surface area contributed by atoms with Crippen LogP contribution >= 0.6 is 0 Å². The molecule has 0 bridgehead atoms. The van der Waals surface area contributed by atoms with Crippen LogP contribution in [0.5, 0.6) is 0 Å². The lowest BCUT2D eigenvalue weighted by atomic mass is 9.76. The summed E-state index contributed by atoms with van der Waals surface area (Å²) < 4.78 is 0. The average Bonchev–Trinajstić information content (AvgIpc) is 3.02. The fourth-order valence-corrected chi connectivity index (χ4v) is 3.66. The van der Waals surface area contributed by atoms with Crippen LogP contribution in [-0.2, 0) is 0 Å². The summed E-state index contributed by atoms with van der Waals surface area (Å²) in [6.45, 7) is 4.89. The zero-order chi connectivity index (χ0) is 10.7. The standard InChI is InChI=1S/C15H28/c1-3-6-14-8-5-4-7-12(2)15(14)11-13-9-10-13/h12-15H,3-11H2,1-2H3. The van der Waals surface area contributed by atoms with Crippen LogP contribution in [0.3, 0.4) is 0 Å². The smallest absolute Gasteiger partial charge is 0.0357 e. The van der Waals surface area contributed by atoms with Gasteiger partial charge in [0.15, 0.2) is 0 Å². The summed E-state index contributed by atoms with van der Waals surface area (Å²) in [6.07, 6.45) is 13.6. The van der Waals surface area contributed by atoms with Crippen molar-refractivity contribution in [3.63, 3.8) is 0 Å². The maximum atomic E-state index is 2.53. The third-order valence-corrected chi connectivity index (χ3v) is 4.78. The molecule has 0 amide bonds. The SMILES string of the molecule is CCCC1CCCCC(C)C1CC1CC1. The third-order valence-electron chi connectivity index (χ3n) is 4.78. The van der Waals surface area contributed by atoms with Gasteiger partial charge in [-0.15, -0.1) is 0 Å². The molecule has 88 valence electrons. The summed E-state index contributed by atoms with van der Waals surface area (Å²) in [5.41, 5.74) is 0. The van der Waals surface area contributed by atoms with Crippen molar-refractivity contribution in [2.75, 3.05) is 0 Å². The Hall–Kier alpha value is 0. The van der Waals surface area contributed by atoms with Crippen molar-refractivity contribution in [3.05, 3.63) is 0 Å². The predicted octanol–water partition coefficient (Wildman–Crippen LogP) is 5.03. The maximum absolute atomic E-state index is 2.53. The topological polar surface area (TPSA) is 0 Å². The first-order valence-electron chi connectivity index (χ1n) is 7.31. The van der Waals surface area contributed by atoms with Crippen molar-refractivity contribution < 1.29 is 0 Å². The quantitative estimate of drug-likeness (QED) is 0.568. The number of hydrogen-bond donors (Lipinski definition) is 0. The first-order valence-corrected chi connectivity index (χ1v) is 7.31. The predicted molar refractivity (Wildman–Crippen MR) is 66.9 cm³/mol. The fourth-order valence-electron chi connectivity index (χ4n) is 3.66. The van der Waals surface area contributed by atoms with Gasteiger partial charge in [0.25, 0.3) is 0 Å². The van der Waals surface area contributed by atoms with Gasteiger partial charge in [-0.05, 0) is 30.1 Å². The van der Waals surface area contributed by atoms with Crippen LogP contribution < -0.4 is 0 Å². The molecule has 2 saturated carbocycles. The van der Waals surface area contributed by atoms with Crippen molar-refractivity contribution in [1.82, 2.24) is 0 Å². The third kappa shape index (κ3) is 3.23. The van der Waals surface area contributed by atoms with Gasteiger partial charge in [0.05, 0.1) is 0 Å². The Morgan fingerprint density at radius 3 is 2.40 bits per heavy atom. The first kappa shape index (κ1) is 11.5. The van der Waals surface area contributed by atoms with E-state index in [0.717, 1.165) is 23.7 Å². The van der Waals surface area contributed by atoms with Crippen molar-refractivity contribution in [2.24, 2.45) is 23.7 Å². The molecule has 0 heteroatoms. The van der Waals surface area contributed by atoms with E-state index in [1.54, 1.807) is 19.3 Å². The minimum absolute atomic E-state index is 1.02. The molecule has 2 aliphatic carbocycles. The molecule has 15 heavy (non-hydrogen) atoms. The Balaban J connectivity index is 1.94. The van der Waals surface area contributed by atoms with Gasteiger partial charge in [0.2, 0.25) is 0 Å². The van der Waals surface area contributed by atoms with Crippen molar-refractivity contribution in [1.29, 1.82) is 0 Å². The molecule has 0 saturated heterocycles. The molecule has 0 spiro atoms. The van der Waals surface area contributed by atoms with Crippen LogP contribution in [0.15, 0.2) is 0 Å². The Morgan fingerprint density at radius 1 is 1.00 bits per heavy atom. The monoisotopic (exact) mass is 208 g/mol. The first-order chi connectivity index (χ1) is 7.31. The molecule has 2 aliphatic rings. The zero-order valence-corrected chi connectivity index (χ0v) is 10.7. The molecule has 0 aromatic carbocycles. The second-order valence-electron chi connectivity index (χ2n) is 6.15. The molecule has 2 fully saturated rings. The van der Waals surface area contributed by atoms with E-state index < -0.39 is 0 Å². The van der Waals surface area contributed by atoms with Crippen LogP contribution in [0.2, 0.25) is 0 Å². The van der Waals surface area contributed by atoms with Gasteiger partial charge in [-0.2, -0.15) is 0 Å². The van der Waals surface area contributed by atoms with Crippen molar-refractivity contribution in [2.45, 2.75) is 71.6 Å². The molecule has 0 radical (unpaired) electrons. The van der Waals surface area contributed by atoms with Crippen LogP contribution in [0.1, 0.15) is 71.6 Å². The van der Waals surface area contributed by atoms with Crippen LogP contribution in [0.25, 0.3) is 0 Å². The van der Waals surface area contributed by atoms with Crippen LogP contribution in [0, 0.1) is 23.7 Å². The highest BCUT2D eigenvalue weighted by Crippen LogP contribution is 2.44. The molecule has 0 aromatic rings. The van der Waals surface area contributed by atoms with Gasteiger partial charge in [-0.3, -0.25) is 0 Å². The molecule has 0 heterocycles. The molecular formula is C15H28. The lowest BCUT2D eigenvalue weighted by Crippen LogP contribution is -2.20. The van der Waals surface area contributed by atoms with E-state index in [2.05, 4.69) is 13.8 Å². The summed E-state index contributed by atoms with van der Waals surface area (Å²) in [6, 6.07) is 0. The maximum Gasteiger partial charge on any atom is -0.0357 e. The minimum Gasteiger partial charge on any atom is -0.0654 e. The lowest BCUT2D eigenvalue weighted by Gasteiger charge is -2.29. The van der Waals surface area contributed by atoms with Crippen molar-refractivity contribution in [3.8, 4) is 0 Å². The van der Waals surface area contributed by atoms with Gasteiger partial charge >= 0.3 is 0 Å². The lowest BCUT2D eigenvalue weighted by molar-refractivity contribution is 0.205. The Labute approximate surface area is 95.8 Å². The normalized spacial score (nSPS) is 37.6. The van der Waals surface area contributed by atoms with E-state index >= 15 is 0 Å². The Kier molecular flexibility index (Phi) is 4.11. The van der Waals surface area contributed by atoms with Crippen LogP contribution in [-0.4, -0.2) is 0 Å². The zero-order valence-electron chi connectivity index (χ0n) is 10.7. The second kappa shape index (κ2) is 5.37. The van der Waals surface area contributed by atoms with Crippen LogP contribution in [0.4, 0.5) is 0 Å². The summed E-state index contributed by atoms with van der Waals surface area (Å²) in [5, 5.41) is 0. The van der Waals surface area contributed by atoms with E-state index in [0.29, 0.717) is 0 Å². The van der Waals surface area contributed by atoms with Gasteiger partial charge in [0, 0.05) is 0 Å². The summed E-state index contributed by atoms with van der Waals surface area (Å²) in [7, 11) is 0. The van der Waals surface area contributed by atoms with E-state index in [4.69, 9.17) is 0 Å². The van der Waals surface area contributed by atoms with E-state index in [1.807, 2.05) is 0 Å². The number of hydrogen-bond acceptors (Lipinski definition) is 0. The second-order valence-corrected chi connectivity index (χ2v) is 6.15. The fraction of sp³-hybridized carbons (Fsp3) is 1.00. The Morgan fingerprint density at radius 2 is 1.73 bits per heavy atom. The minimum atomic E-state index is 1.02. The highest BCUT2D eigenvalue weighted by atomic mass is 14.4.